The number of aromatic nitrogens is 1. The largest absolute Gasteiger partial charge is 0.368 e. The van der Waals surface area contributed by atoms with Gasteiger partial charge in [0.15, 0.2) is 0 Å². The molecule has 3 aromatic carbocycles. The minimum absolute atomic E-state index is 0.170. The molecule has 2 amide bonds. The van der Waals surface area contributed by atoms with Crippen molar-refractivity contribution in [3.05, 3.63) is 84.4 Å². The molecule has 31 heavy (non-hydrogen) atoms. The first-order chi connectivity index (χ1) is 15.0. The zero-order valence-corrected chi connectivity index (χ0v) is 17.5. The Morgan fingerprint density at radius 2 is 1.42 bits per heavy atom. The lowest BCUT2D eigenvalue weighted by molar-refractivity contribution is -0.119. The molecule has 1 heterocycles. The molecule has 2 atom stereocenters. The van der Waals surface area contributed by atoms with Crippen LogP contribution in [0.3, 0.4) is 0 Å². The topological polar surface area (TPSA) is 102 Å². The summed E-state index contributed by atoms with van der Waals surface area (Å²) in [4.78, 5) is 30.6. The number of nitrogens with two attached hydrogens (primary N) is 1. The molecule has 0 unspecified atom stereocenters. The predicted octanol–water partition coefficient (Wildman–Crippen LogP) is 3.17. The lowest BCUT2D eigenvalue weighted by Crippen LogP contribution is -2.45. The van der Waals surface area contributed by atoms with Gasteiger partial charge in [0.25, 0.3) is 5.91 Å². The highest BCUT2D eigenvalue weighted by Gasteiger charge is 2.23. The molecule has 156 valence electrons. The summed E-state index contributed by atoms with van der Waals surface area (Å²) in [7, 11) is -1.29. The number of nitrogens with zero attached hydrogens (tertiary/aromatic N) is 1. The SMILES string of the molecule is NC(=O)[C@H](CC[S@@](=O)c1ccccc1)NC(=O)c1c2ccccc2nc2ccccc12. The molecule has 0 aliphatic rings. The van der Waals surface area contributed by atoms with E-state index in [1.807, 2.05) is 54.6 Å². The summed E-state index contributed by atoms with van der Waals surface area (Å²) in [5.74, 6) is -0.874. The molecule has 3 N–H and O–H groups in total. The Hall–Kier alpha value is -3.58. The number of hydrogen-bond donors (Lipinski definition) is 2. The summed E-state index contributed by atoms with van der Waals surface area (Å²) >= 11 is 0. The van der Waals surface area contributed by atoms with E-state index in [2.05, 4.69) is 10.3 Å². The Morgan fingerprint density at radius 3 is 2.00 bits per heavy atom. The van der Waals surface area contributed by atoms with E-state index >= 15 is 0 Å². The average molecular weight is 432 g/mol. The highest BCUT2D eigenvalue weighted by Crippen LogP contribution is 2.26. The second-order valence-corrected chi connectivity index (χ2v) is 8.67. The number of carbonyl (C=O) groups excluding carboxylic acids is 2. The van der Waals surface area contributed by atoms with Gasteiger partial charge in [0, 0.05) is 21.4 Å². The van der Waals surface area contributed by atoms with E-state index in [0.29, 0.717) is 32.3 Å². The molecule has 0 radical (unpaired) electrons. The third-order valence-electron chi connectivity index (χ3n) is 5.06. The number of hydrogen-bond acceptors (Lipinski definition) is 4. The molecular weight excluding hydrogens is 410 g/mol. The normalized spacial score (nSPS) is 13.0. The van der Waals surface area contributed by atoms with Crippen molar-refractivity contribution in [2.24, 2.45) is 5.73 Å². The molecule has 6 nitrogen and oxygen atoms in total. The van der Waals surface area contributed by atoms with Gasteiger partial charge in [-0.1, -0.05) is 54.6 Å². The Balaban J connectivity index is 1.61. The molecule has 0 aliphatic carbocycles. The van der Waals surface area contributed by atoms with Gasteiger partial charge >= 0.3 is 0 Å². The van der Waals surface area contributed by atoms with E-state index in [-0.39, 0.29) is 12.2 Å². The number of benzene rings is 3. The number of rotatable bonds is 7. The molecule has 4 rings (SSSR count). The van der Waals surface area contributed by atoms with E-state index in [1.54, 1.807) is 24.3 Å². The minimum atomic E-state index is -1.29. The molecular formula is C24H21N3O3S. The number of nitrogens with one attached hydrogen (secondary N) is 1. The fourth-order valence-electron chi connectivity index (χ4n) is 3.52. The van der Waals surface area contributed by atoms with Crippen LogP contribution in [0.5, 0.6) is 0 Å². The summed E-state index contributed by atoms with van der Waals surface area (Å²) in [6.07, 6.45) is 0.170. The third kappa shape index (κ3) is 4.46. The van der Waals surface area contributed by atoms with E-state index < -0.39 is 28.7 Å². The summed E-state index contributed by atoms with van der Waals surface area (Å²) in [5, 5.41) is 4.13. The molecule has 7 heteroatoms. The van der Waals surface area contributed by atoms with Crippen LogP contribution < -0.4 is 11.1 Å². The van der Waals surface area contributed by atoms with Crippen LogP contribution >= 0.6 is 0 Å². The van der Waals surface area contributed by atoms with Crippen LogP contribution in [0.15, 0.2) is 83.8 Å². The van der Waals surface area contributed by atoms with E-state index in [0.717, 1.165) is 0 Å². The maximum absolute atomic E-state index is 13.3. The van der Waals surface area contributed by atoms with Gasteiger partial charge in [-0.25, -0.2) is 4.98 Å². The van der Waals surface area contributed by atoms with Crippen molar-refractivity contribution in [2.45, 2.75) is 17.4 Å². The zero-order valence-electron chi connectivity index (χ0n) is 16.7. The fourth-order valence-corrected chi connectivity index (χ4v) is 4.66. The van der Waals surface area contributed by atoms with Crippen LogP contribution in [0.25, 0.3) is 21.8 Å². The molecule has 0 saturated heterocycles. The minimum Gasteiger partial charge on any atom is -0.368 e. The monoisotopic (exact) mass is 431 g/mol. The van der Waals surface area contributed by atoms with Crippen molar-refractivity contribution in [2.75, 3.05) is 5.75 Å². The number of fused-ring (bicyclic) bond motifs is 2. The lowest BCUT2D eigenvalue weighted by atomic mass is 10.0. The summed E-state index contributed by atoms with van der Waals surface area (Å²) in [6.45, 7) is 0. The maximum atomic E-state index is 13.3. The first kappa shape index (κ1) is 20.7. The van der Waals surface area contributed by atoms with Crippen LogP contribution in [-0.4, -0.2) is 32.8 Å². The van der Waals surface area contributed by atoms with Gasteiger partial charge in [-0.05, 0) is 30.7 Å². The number of amides is 2. The second kappa shape index (κ2) is 9.06. The van der Waals surface area contributed by atoms with E-state index in [1.165, 1.54) is 0 Å². The summed E-state index contributed by atoms with van der Waals surface area (Å²) in [6, 6.07) is 22.8. The van der Waals surface area contributed by atoms with Crippen molar-refractivity contribution in [3.8, 4) is 0 Å². The van der Waals surface area contributed by atoms with Crippen LogP contribution in [0, 0.1) is 0 Å². The Kier molecular flexibility index (Phi) is 6.04. The summed E-state index contributed by atoms with van der Waals surface area (Å²) < 4.78 is 12.5. The molecule has 0 saturated carbocycles. The van der Waals surface area contributed by atoms with Crippen molar-refractivity contribution < 1.29 is 13.8 Å². The number of primary amides is 1. The lowest BCUT2D eigenvalue weighted by Gasteiger charge is -2.17. The smallest absolute Gasteiger partial charge is 0.253 e. The maximum Gasteiger partial charge on any atom is 0.253 e. The Bertz CT molecular complexity index is 1240. The predicted molar refractivity (Wildman–Crippen MR) is 122 cm³/mol. The molecule has 0 aliphatic heterocycles. The van der Waals surface area contributed by atoms with Gasteiger partial charge in [0.1, 0.15) is 6.04 Å². The zero-order chi connectivity index (χ0) is 21.8. The molecule has 0 spiro atoms. The van der Waals surface area contributed by atoms with Crippen LogP contribution in [0.4, 0.5) is 0 Å². The molecule has 0 fully saturated rings. The van der Waals surface area contributed by atoms with Crippen molar-refractivity contribution in [3.63, 3.8) is 0 Å². The van der Waals surface area contributed by atoms with E-state index in [9.17, 15) is 13.8 Å². The number of carbonyl (C=O) groups is 2. The Labute approximate surface area is 181 Å². The molecule has 1 aromatic heterocycles. The first-order valence-corrected chi connectivity index (χ1v) is 11.2. The van der Waals surface area contributed by atoms with Crippen molar-refractivity contribution in [1.29, 1.82) is 0 Å². The van der Waals surface area contributed by atoms with Gasteiger partial charge in [0.05, 0.1) is 27.4 Å². The number of pyridine rings is 1. The standard InChI is InChI=1S/C24H21N3O3S/c25-23(28)21(14-15-31(30)16-8-2-1-3-9-16)27-24(29)22-17-10-4-6-12-19(17)26-20-13-7-5-11-18(20)22/h1-13,21H,14-15H2,(H2,25,28)(H,27,29)/t21-,31+/m0/s1. The highest BCUT2D eigenvalue weighted by atomic mass is 32.2. The van der Waals surface area contributed by atoms with Gasteiger partial charge in [0.2, 0.25) is 5.91 Å². The second-order valence-electron chi connectivity index (χ2n) is 7.10. The number of para-hydroxylation sites is 2. The van der Waals surface area contributed by atoms with Crippen LogP contribution in [-0.2, 0) is 15.6 Å². The fraction of sp³-hybridized carbons (Fsp3) is 0.125. The van der Waals surface area contributed by atoms with Gasteiger partial charge < -0.3 is 11.1 Å². The van der Waals surface area contributed by atoms with Gasteiger partial charge in [-0.3, -0.25) is 13.8 Å². The summed E-state index contributed by atoms with van der Waals surface area (Å²) in [5.41, 5.74) is 7.36. The van der Waals surface area contributed by atoms with E-state index in [4.69, 9.17) is 5.73 Å². The molecule has 0 bridgehead atoms. The average Bonchev–Trinajstić information content (AvgIpc) is 2.80. The quantitative estimate of drug-likeness (QED) is 0.439. The molecule has 4 aromatic rings. The van der Waals surface area contributed by atoms with Crippen LogP contribution in [0.1, 0.15) is 16.8 Å². The van der Waals surface area contributed by atoms with Crippen molar-refractivity contribution >= 4 is 44.4 Å². The van der Waals surface area contributed by atoms with Crippen molar-refractivity contribution in [1.82, 2.24) is 10.3 Å². The Morgan fingerprint density at radius 1 is 0.871 bits per heavy atom. The van der Waals surface area contributed by atoms with Crippen LogP contribution in [0.2, 0.25) is 0 Å². The third-order valence-corrected chi connectivity index (χ3v) is 6.47. The van der Waals surface area contributed by atoms with Gasteiger partial charge in [-0.2, -0.15) is 0 Å². The van der Waals surface area contributed by atoms with Gasteiger partial charge in [-0.15, -0.1) is 0 Å². The highest BCUT2D eigenvalue weighted by molar-refractivity contribution is 7.85. The first-order valence-electron chi connectivity index (χ1n) is 9.85.